The van der Waals surface area contributed by atoms with Gasteiger partial charge in [0.15, 0.2) is 0 Å². The van der Waals surface area contributed by atoms with Gasteiger partial charge in [0.1, 0.15) is 5.65 Å². The lowest BCUT2D eigenvalue weighted by Crippen LogP contribution is -2.14. The highest BCUT2D eigenvalue weighted by Crippen LogP contribution is 2.33. The van der Waals surface area contributed by atoms with Crippen molar-refractivity contribution in [3.8, 4) is 0 Å². The van der Waals surface area contributed by atoms with Gasteiger partial charge < -0.3 is 4.42 Å². The van der Waals surface area contributed by atoms with E-state index in [9.17, 15) is 4.79 Å². The average molecular weight is 342 g/mol. The highest BCUT2D eigenvalue weighted by Gasteiger charge is 2.21. The summed E-state index contributed by atoms with van der Waals surface area (Å²) in [6, 6.07) is 7.06. The molecule has 0 aliphatic heterocycles. The zero-order chi connectivity index (χ0) is 16.4. The highest BCUT2D eigenvalue weighted by molar-refractivity contribution is 7.98. The Bertz CT molecular complexity index is 899. The van der Waals surface area contributed by atoms with E-state index in [0.717, 1.165) is 18.7 Å². The molecule has 0 aromatic carbocycles. The van der Waals surface area contributed by atoms with E-state index in [4.69, 9.17) is 4.42 Å². The SMILES string of the molecule is O=c1cc(CSc2nnc(C3CCCCC3)o2)nc2ccccn12. The van der Waals surface area contributed by atoms with E-state index in [1.54, 1.807) is 12.3 Å². The highest BCUT2D eigenvalue weighted by atomic mass is 32.2. The minimum absolute atomic E-state index is 0.0791. The molecule has 6 nitrogen and oxygen atoms in total. The first-order valence-corrected chi connectivity index (χ1v) is 9.22. The molecule has 124 valence electrons. The molecule has 0 spiro atoms. The first-order valence-electron chi connectivity index (χ1n) is 8.23. The Labute approximate surface area is 143 Å². The first-order chi connectivity index (χ1) is 11.8. The van der Waals surface area contributed by atoms with Crippen molar-refractivity contribution in [1.82, 2.24) is 19.6 Å². The molecule has 3 aromatic heterocycles. The molecule has 1 aliphatic rings. The Morgan fingerprint density at radius 2 is 2.08 bits per heavy atom. The summed E-state index contributed by atoms with van der Waals surface area (Å²) in [5, 5.41) is 8.87. The number of aromatic nitrogens is 4. The smallest absolute Gasteiger partial charge is 0.276 e. The molecule has 0 saturated heterocycles. The summed E-state index contributed by atoms with van der Waals surface area (Å²) in [7, 11) is 0. The van der Waals surface area contributed by atoms with Crippen LogP contribution in [0.2, 0.25) is 0 Å². The van der Waals surface area contributed by atoms with Gasteiger partial charge in [-0.3, -0.25) is 9.20 Å². The fourth-order valence-corrected chi connectivity index (χ4v) is 3.77. The van der Waals surface area contributed by atoms with Gasteiger partial charge in [-0.2, -0.15) is 0 Å². The summed E-state index contributed by atoms with van der Waals surface area (Å²) in [6.07, 6.45) is 7.76. The maximum absolute atomic E-state index is 12.1. The van der Waals surface area contributed by atoms with Crippen LogP contribution in [0.5, 0.6) is 0 Å². The van der Waals surface area contributed by atoms with Crippen LogP contribution >= 0.6 is 11.8 Å². The number of thioether (sulfide) groups is 1. The van der Waals surface area contributed by atoms with Crippen molar-refractivity contribution in [2.75, 3.05) is 0 Å². The van der Waals surface area contributed by atoms with Gasteiger partial charge in [0.25, 0.3) is 10.8 Å². The van der Waals surface area contributed by atoms with Crippen molar-refractivity contribution in [2.45, 2.75) is 49.0 Å². The van der Waals surface area contributed by atoms with Crippen LogP contribution in [0.15, 0.2) is 44.9 Å². The zero-order valence-electron chi connectivity index (χ0n) is 13.2. The molecule has 0 atom stereocenters. The second-order valence-electron chi connectivity index (χ2n) is 6.04. The molecule has 0 N–H and O–H groups in total. The molecule has 3 aromatic rings. The van der Waals surface area contributed by atoms with Crippen molar-refractivity contribution in [3.63, 3.8) is 0 Å². The number of hydrogen-bond acceptors (Lipinski definition) is 6. The molecule has 0 unspecified atom stereocenters. The van der Waals surface area contributed by atoms with Crippen LogP contribution in [-0.4, -0.2) is 19.6 Å². The summed E-state index contributed by atoms with van der Waals surface area (Å²) >= 11 is 1.42. The standard InChI is InChI=1S/C17H18N4O2S/c22-15-10-13(18-14-8-4-5-9-21(14)15)11-24-17-20-19-16(23-17)12-6-2-1-3-7-12/h4-5,8-10,12H,1-3,6-7,11H2. The number of nitrogens with zero attached hydrogens (tertiary/aromatic N) is 4. The lowest BCUT2D eigenvalue weighted by atomic mass is 9.89. The minimum atomic E-state index is -0.0791. The van der Waals surface area contributed by atoms with E-state index < -0.39 is 0 Å². The van der Waals surface area contributed by atoms with Crippen LogP contribution in [0.25, 0.3) is 5.65 Å². The largest absolute Gasteiger partial charge is 0.416 e. The molecule has 3 heterocycles. The third-order valence-electron chi connectivity index (χ3n) is 4.34. The Kier molecular flexibility index (Phi) is 4.34. The second kappa shape index (κ2) is 6.76. The van der Waals surface area contributed by atoms with Crippen LogP contribution in [0.4, 0.5) is 0 Å². The zero-order valence-corrected chi connectivity index (χ0v) is 14.0. The van der Waals surface area contributed by atoms with Gasteiger partial charge in [-0.25, -0.2) is 4.98 Å². The summed E-state index contributed by atoms with van der Waals surface area (Å²) in [6.45, 7) is 0. The molecule has 4 rings (SSSR count). The molecule has 7 heteroatoms. The molecule has 0 bridgehead atoms. The molecule has 0 amide bonds. The Morgan fingerprint density at radius 3 is 2.96 bits per heavy atom. The van der Waals surface area contributed by atoms with Gasteiger partial charge >= 0.3 is 0 Å². The van der Waals surface area contributed by atoms with Crippen molar-refractivity contribution in [1.29, 1.82) is 0 Å². The predicted octanol–water partition coefficient (Wildman–Crippen LogP) is 3.42. The summed E-state index contributed by atoms with van der Waals surface area (Å²) in [5.74, 6) is 1.69. The minimum Gasteiger partial charge on any atom is -0.416 e. The Hall–Kier alpha value is -2.15. The number of fused-ring (bicyclic) bond motifs is 1. The average Bonchev–Trinajstić information content (AvgIpc) is 3.10. The summed E-state index contributed by atoms with van der Waals surface area (Å²) in [5.41, 5.74) is 1.28. The Balaban J connectivity index is 1.47. The summed E-state index contributed by atoms with van der Waals surface area (Å²) < 4.78 is 7.32. The lowest BCUT2D eigenvalue weighted by molar-refractivity contribution is 0.334. The number of hydrogen-bond donors (Lipinski definition) is 0. The maximum atomic E-state index is 12.1. The van der Waals surface area contributed by atoms with Crippen LogP contribution in [0, 0.1) is 0 Å². The molecule has 1 aliphatic carbocycles. The third kappa shape index (κ3) is 3.21. The maximum Gasteiger partial charge on any atom is 0.276 e. The molecule has 24 heavy (non-hydrogen) atoms. The van der Waals surface area contributed by atoms with Gasteiger partial charge in [0.2, 0.25) is 5.89 Å². The van der Waals surface area contributed by atoms with Gasteiger partial charge in [-0.05, 0) is 25.0 Å². The van der Waals surface area contributed by atoms with E-state index in [1.807, 2.05) is 18.2 Å². The van der Waals surface area contributed by atoms with Crippen LogP contribution < -0.4 is 5.56 Å². The predicted molar refractivity (Wildman–Crippen MR) is 91.1 cm³/mol. The van der Waals surface area contributed by atoms with Gasteiger partial charge in [0, 0.05) is 23.9 Å². The Morgan fingerprint density at radius 1 is 1.21 bits per heavy atom. The normalized spacial score (nSPS) is 15.8. The number of rotatable bonds is 4. The fourth-order valence-electron chi connectivity index (χ4n) is 3.11. The van der Waals surface area contributed by atoms with Crippen molar-refractivity contribution >= 4 is 17.4 Å². The quantitative estimate of drug-likeness (QED) is 0.677. The fraction of sp³-hybridized carbons (Fsp3) is 0.412. The van der Waals surface area contributed by atoms with Crippen molar-refractivity contribution in [3.05, 3.63) is 52.4 Å². The van der Waals surface area contributed by atoms with Gasteiger partial charge in [0.05, 0.1) is 5.69 Å². The van der Waals surface area contributed by atoms with E-state index in [0.29, 0.717) is 28.2 Å². The first kappa shape index (κ1) is 15.4. The molecule has 1 fully saturated rings. The van der Waals surface area contributed by atoms with Crippen molar-refractivity contribution < 1.29 is 4.42 Å². The van der Waals surface area contributed by atoms with E-state index in [2.05, 4.69) is 15.2 Å². The summed E-state index contributed by atoms with van der Waals surface area (Å²) in [4.78, 5) is 16.6. The monoisotopic (exact) mass is 342 g/mol. The van der Waals surface area contributed by atoms with Crippen LogP contribution in [0.3, 0.4) is 0 Å². The van der Waals surface area contributed by atoms with E-state index in [1.165, 1.54) is 35.4 Å². The lowest BCUT2D eigenvalue weighted by Gasteiger charge is -2.17. The van der Waals surface area contributed by atoms with Crippen LogP contribution in [-0.2, 0) is 5.75 Å². The van der Waals surface area contributed by atoms with E-state index >= 15 is 0 Å². The second-order valence-corrected chi connectivity index (χ2v) is 6.97. The molecule has 1 saturated carbocycles. The number of pyridine rings is 1. The molecular weight excluding hydrogens is 324 g/mol. The third-order valence-corrected chi connectivity index (χ3v) is 5.20. The molecule has 0 radical (unpaired) electrons. The van der Waals surface area contributed by atoms with Gasteiger partial charge in [-0.15, -0.1) is 10.2 Å². The molecular formula is C17H18N4O2S. The topological polar surface area (TPSA) is 73.3 Å². The van der Waals surface area contributed by atoms with Crippen LogP contribution in [0.1, 0.15) is 49.6 Å². The van der Waals surface area contributed by atoms with Gasteiger partial charge in [-0.1, -0.05) is 37.1 Å². The van der Waals surface area contributed by atoms with E-state index in [-0.39, 0.29) is 5.56 Å². The van der Waals surface area contributed by atoms with Crippen molar-refractivity contribution in [2.24, 2.45) is 0 Å².